The maximum atomic E-state index is 11.9. The second-order valence-corrected chi connectivity index (χ2v) is 5.38. The van der Waals surface area contributed by atoms with Crippen LogP contribution in [0.1, 0.15) is 12.0 Å². The van der Waals surface area contributed by atoms with E-state index < -0.39 is 6.29 Å². The van der Waals surface area contributed by atoms with Gasteiger partial charge in [-0.25, -0.2) is 0 Å². The molecule has 2 fully saturated rings. The first-order chi connectivity index (χ1) is 9.22. The number of fused-ring (bicyclic) bond motifs is 1. The van der Waals surface area contributed by atoms with Gasteiger partial charge in [0.05, 0.1) is 5.92 Å². The zero-order valence-corrected chi connectivity index (χ0v) is 10.9. The van der Waals surface area contributed by atoms with E-state index in [-0.39, 0.29) is 17.9 Å². The number of hydrogen-bond donors (Lipinski definition) is 3. The third-order valence-corrected chi connectivity index (χ3v) is 3.97. The van der Waals surface area contributed by atoms with Gasteiger partial charge in [-0.1, -0.05) is 30.3 Å². The van der Waals surface area contributed by atoms with E-state index in [9.17, 15) is 4.79 Å². The Bertz CT molecular complexity index is 450. The number of hydrogen-bond acceptors (Lipinski definition) is 4. The predicted molar refractivity (Wildman–Crippen MR) is 72.9 cm³/mol. The van der Waals surface area contributed by atoms with Crippen molar-refractivity contribution < 1.29 is 4.79 Å². The minimum absolute atomic E-state index is 0.0619. The van der Waals surface area contributed by atoms with Crippen LogP contribution in [0, 0.1) is 5.92 Å². The molecule has 2 heterocycles. The highest BCUT2D eigenvalue weighted by molar-refractivity contribution is 5.80. The zero-order valence-electron chi connectivity index (χ0n) is 10.9. The van der Waals surface area contributed by atoms with E-state index in [1.165, 1.54) is 5.56 Å². The van der Waals surface area contributed by atoms with E-state index >= 15 is 0 Å². The minimum atomic E-state index is -0.412. The summed E-state index contributed by atoms with van der Waals surface area (Å²) in [5.74, 6) is 0.155. The van der Waals surface area contributed by atoms with Gasteiger partial charge in [-0.15, -0.1) is 0 Å². The highest BCUT2D eigenvalue weighted by Crippen LogP contribution is 2.22. The fraction of sp³-hybridized carbons (Fsp3) is 0.500. The topological polar surface area (TPSA) is 70.4 Å². The van der Waals surface area contributed by atoms with E-state index in [2.05, 4.69) is 39.8 Å². The summed E-state index contributed by atoms with van der Waals surface area (Å²) in [6.07, 6.45) is 0.480. The maximum Gasteiger partial charge on any atom is 0.227 e. The first-order valence-corrected chi connectivity index (χ1v) is 6.80. The molecular weight excluding hydrogens is 240 g/mol. The Morgan fingerprint density at radius 1 is 1.32 bits per heavy atom. The summed E-state index contributed by atoms with van der Waals surface area (Å²) >= 11 is 0. The fourth-order valence-corrected chi connectivity index (χ4v) is 3.02. The molecule has 0 aromatic heterocycles. The standard InChI is InChI=1S/C14H20N4O/c15-14-16-12-9-18(7-6-11(12)13(19)17-14)8-10-4-2-1-3-5-10/h1-5,11-12,14,16H,6-9,15H2,(H,17,19). The molecule has 3 rings (SSSR count). The van der Waals surface area contributed by atoms with E-state index in [1.54, 1.807) is 0 Å². The Morgan fingerprint density at radius 2 is 2.11 bits per heavy atom. The Morgan fingerprint density at radius 3 is 2.89 bits per heavy atom. The first-order valence-electron chi connectivity index (χ1n) is 6.80. The number of carbonyl (C=O) groups excluding carboxylic acids is 1. The Kier molecular flexibility index (Phi) is 3.50. The second kappa shape index (κ2) is 5.28. The van der Waals surface area contributed by atoms with E-state index in [4.69, 9.17) is 5.73 Å². The van der Waals surface area contributed by atoms with Gasteiger partial charge in [0.25, 0.3) is 0 Å². The van der Waals surface area contributed by atoms with Crippen molar-refractivity contribution in [1.29, 1.82) is 0 Å². The predicted octanol–water partition coefficient (Wildman–Crippen LogP) is -0.161. The van der Waals surface area contributed by atoms with Crippen molar-refractivity contribution in [3.8, 4) is 0 Å². The molecular formula is C14H20N4O. The van der Waals surface area contributed by atoms with E-state index in [1.807, 2.05) is 6.07 Å². The van der Waals surface area contributed by atoms with Crippen LogP contribution in [0.5, 0.6) is 0 Å². The zero-order chi connectivity index (χ0) is 13.2. The van der Waals surface area contributed by atoms with Crippen LogP contribution in [-0.4, -0.2) is 36.2 Å². The molecule has 0 aliphatic carbocycles. The Hall–Kier alpha value is -1.43. The third kappa shape index (κ3) is 2.78. The number of likely N-dealkylation sites (tertiary alicyclic amines) is 1. The van der Waals surface area contributed by atoms with Crippen LogP contribution in [0.2, 0.25) is 0 Å². The third-order valence-electron chi connectivity index (χ3n) is 3.97. The van der Waals surface area contributed by atoms with Crippen LogP contribution in [0.15, 0.2) is 30.3 Å². The number of rotatable bonds is 2. The molecule has 0 spiro atoms. The van der Waals surface area contributed by atoms with Crippen LogP contribution in [0.4, 0.5) is 0 Å². The lowest BCUT2D eigenvalue weighted by Crippen LogP contribution is -2.68. The molecule has 5 heteroatoms. The maximum absolute atomic E-state index is 11.9. The molecule has 5 nitrogen and oxygen atoms in total. The van der Waals surface area contributed by atoms with Crippen molar-refractivity contribution >= 4 is 5.91 Å². The smallest absolute Gasteiger partial charge is 0.227 e. The van der Waals surface area contributed by atoms with Crippen molar-refractivity contribution in [2.45, 2.75) is 25.3 Å². The molecule has 19 heavy (non-hydrogen) atoms. The fourth-order valence-electron chi connectivity index (χ4n) is 3.02. The second-order valence-electron chi connectivity index (χ2n) is 5.38. The molecule has 1 aromatic carbocycles. The van der Waals surface area contributed by atoms with E-state index in [0.717, 1.165) is 26.1 Å². The average Bonchev–Trinajstić information content (AvgIpc) is 2.39. The van der Waals surface area contributed by atoms with Gasteiger partial charge in [0.2, 0.25) is 5.91 Å². The lowest BCUT2D eigenvalue weighted by atomic mass is 9.89. The molecule has 3 unspecified atom stereocenters. The summed E-state index contributed by atoms with van der Waals surface area (Å²) in [5.41, 5.74) is 7.08. The number of nitrogens with two attached hydrogens (primary N) is 1. The number of nitrogens with zero attached hydrogens (tertiary/aromatic N) is 1. The molecule has 1 aromatic rings. The summed E-state index contributed by atoms with van der Waals surface area (Å²) in [6.45, 7) is 2.77. The Balaban J connectivity index is 1.63. The number of carbonyl (C=O) groups is 1. The van der Waals surface area contributed by atoms with Crippen molar-refractivity contribution in [1.82, 2.24) is 15.5 Å². The lowest BCUT2D eigenvalue weighted by Gasteiger charge is -2.43. The normalized spacial score (nSPS) is 31.6. The molecule has 3 atom stereocenters. The molecule has 2 aliphatic rings. The van der Waals surface area contributed by atoms with Gasteiger partial charge in [0.1, 0.15) is 6.29 Å². The SMILES string of the molecule is NC1NC(=O)C2CCN(Cc3ccccc3)CC2N1. The lowest BCUT2D eigenvalue weighted by molar-refractivity contribution is -0.131. The summed E-state index contributed by atoms with van der Waals surface area (Å²) in [6, 6.07) is 10.6. The van der Waals surface area contributed by atoms with Gasteiger partial charge in [0.15, 0.2) is 0 Å². The van der Waals surface area contributed by atoms with Crippen LogP contribution in [0.25, 0.3) is 0 Å². The van der Waals surface area contributed by atoms with Crippen LogP contribution >= 0.6 is 0 Å². The van der Waals surface area contributed by atoms with Crippen molar-refractivity contribution in [3.63, 3.8) is 0 Å². The summed E-state index contributed by atoms with van der Waals surface area (Å²) in [5, 5.41) is 6.02. The monoisotopic (exact) mass is 260 g/mol. The highest BCUT2D eigenvalue weighted by atomic mass is 16.2. The number of piperidine rings is 1. The van der Waals surface area contributed by atoms with Gasteiger partial charge < -0.3 is 5.32 Å². The molecule has 2 saturated heterocycles. The molecule has 2 aliphatic heterocycles. The van der Waals surface area contributed by atoms with Gasteiger partial charge in [-0.3, -0.25) is 20.7 Å². The number of nitrogens with one attached hydrogen (secondary N) is 2. The van der Waals surface area contributed by atoms with Crippen LogP contribution < -0.4 is 16.4 Å². The largest absolute Gasteiger partial charge is 0.328 e. The quantitative estimate of drug-likeness (QED) is 0.691. The van der Waals surface area contributed by atoms with Crippen molar-refractivity contribution in [2.75, 3.05) is 13.1 Å². The van der Waals surface area contributed by atoms with Gasteiger partial charge in [-0.2, -0.15) is 0 Å². The summed E-state index contributed by atoms with van der Waals surface area (Å²) in [7, 11) is 0. The van der Waals surface area contributed by atoms with Gasteiger partial charge in [-0.05, 0) is 18.5 Å². The van der Waals surface area contributed by atoms with Gasteiger partial charge >= 0.3 is 0 Å². The molecule has 1 amide bonds. The average molecular weight is 260 g/mol. The van der Waals surface area contributed by atoms with Crippen LogP contribution in [0.3, 0.4) is 0 Å². The Labute approximate surface area is 113 Å². The van der Waals surface area contributed by atoms with E-state index in [0.29, 0.717) is 0 Å². The molecule has 102 valence electrons. The molecule has 4 N–H and O–H groups in total. The molecule has 0 saturated carbocycles. The minimum Gasteiger partial charge on any atom is -0.328 e. The number of amides is 1. The molecule has 0 radical (unpaired) electrons. The van der Waals surface area contributed by atoms with Gasteiger partial charge in [0, 0.05) is 19.1 Å². The number of benzene rings is 1. The molecule has 0 bridgehead atoms. The van der Waals surface area contributed by atoms with Crippen LogP contribution in [-0.2, 0) is 11.3 Å². The van der Waals surface area contributed by atoms with Crippen molar-refractivity contribution in [2.24, 2.45) is 11.7 Å². The first kappa shape index (κ1) is 12.6. The summed E-state index contributed by atoms with van der Waals surface area (Å²) < 4.78 is 0. The summed E-state index contributed by atoms with van der Waals surface area (Å²) in [4.78, 5) is 14.2. The van der Waals surface area contributed by atoms with Crippen molar-refractivity contribution in [3.05, 3.63) is 35.9 Å². The highest BCUT2D eigenvalue weighted by Gasteiger charge is 2.38.